The van der Waals surface area contributed by atoms with Gasteiger partial charge in [-0.25, -0.2) is 4.79 Å². The number of para-hydroxylation sites is 1. The minimum atomic E-state index is -1.17. The van der Waals surface area contributed by atoms with Crippen LogP contribution in [0.2, 0.25) is 0 Å². The first-order valence-electron chi connectivity index (χ1n) is 4.63. The first-order valence-corrected chi connectivity index (χ1v) is 4.63. The van der Waals surface area contributed by atoms with Crippen LogP contribution in [0.15, 0.2) is 35.4 Å². The fourth-order valence-corrected chi connectivity index (χ4v) is 1.09. The number of nitrogens with zero attached hydrogens (tertiary/aromatic N) is 5. The monoisotopic (exact) mass is 232 g/mol. The van der Waals surface area contributed by atoms with Gasteiger partial charge in [-0.05, 0) is 22.6 Å². The number of carbonyl (C=O) groups is 1. The Bertz CT molecular complexity index is 535. The van der Waals surface area contributed by atoms with Crippen molar-refractivity contribution in [3.05, 3.63) is 30.3 Å². The standard InChI is InChI=1S/C9H8N6O2/c16-8(17)6-10-15-9(12-13-14-15)11-7-4-2-1-3-5-7/h1-6H,(H,16,17)(H,11,12,14)/b10-6+. The number of aliphatic carboxylic acids is 1. The van der Waals surface area contributed by atoms with Crippen LogP contribution in [0.1, 0.15) is 0 Å². The van der Waals surface area contributed by atoms with E-state index >= 15 is 0 Å². The number of benzene rings is 1. The predicted octanol–water partition coefficient (Wildman–Crippen LogP) is 0.335. The molecule has 86 valence electrons. The van der Waals surface area contributed by atoms with Crippen molar-refractivity contribution < 1.29 is 9.90 Å². The first kappa shape index (κ1) is 10.7. The zero-order valence-electron chi connectivity index (χ0n) is 8.56. The Morgan fingerprint density at radius 2 is 2.18 bits per heavy atom. The molecule has 0 saturated carbocycles. The van der Waals surface area contributed by atoms with Crippen molar-refractivity contribution in [3.63, 3.8) is 0 Å². The molecule has 0 unspecified atom stereocenters. The Morgan fingerprint density at radius 3 is 2.88 bits per heavy atom. The molecule has 0 radical (unpaired) electrons. The van der Waals surface area contributed by atoms with Crippen LogP contribution in [0.4, 0.5) is 11.6 Å². The second-order valence-corrected chi connectivity index (χ2v) is 2.97. The number of rotatable bonds is 4. The zero-order valence-corrected chi connectivity index (χ0v) is 8.56. The topological polar surface area (TPSA) is 105 Å². The smallest absolute Gasteiger partial charge is 0.348 e. The highest BCUT2D eigenvalue weighted by Gasteiger charge is 2.04. The number of carboxylic acid groups (broad SMARTS) is 1. The number of hydrogen-bond acceptors (Lipinski definition) is 6. The Hall–Kier alpha value is -2.77. The van der Waals surface area contributed by atoms with Crippen molar-refractivity contribution in [2.75, 3.05) is 5.32 Å². The number of anilines is 2. The summed E-state index contributed by atoms with van der Waals surface area (Å²) in [6, 6.07) is 9.20. The number of hydrogen-bond donors (Lipinski definition) is 2. The lowest BCUT2D eigenvalue weighted by Gasteiger charge is -2.01. The van der Waals surface area contributed by atoms with Gasteiger partial charge in [-0.15, -0.1) is 5.10 Å². The van der Waals surface area contributed by atoms with Gasteiger partial charge in [0.15, 0.2) is 0 Å². The molecule has 2 N–H and O–H groups in total. The van der Waals surface area contributed by atoms with Crippen LogP contribution >= 0.6 is 0 Å². The molecule has 0 amide bonds. The maximum Gasteiger partial charge on any atom is 0.348 e. The van der Waals surface area contributed by atoms with Crippen LogP contribution in [0.3, 0.4) is 0 Å². The van der Waals surface area contributed by atoms with Crippen molar-refractivity contribution in [2.45, 2.75) is 0 Å². The van der Waals surface area contributed by atoms with Crippen LogP contribution in [0.25, 0.3) is 0 Å². The first-order chi connectivity index (χ1) is 8.25. The summed E-state index contributed by atoms with van der Waals surface area (Å²) in [5.41, 5.74) is 0.772. The Morgan fingerprint density at radius 1 is 1.41 bits per heavy atom. The number of nitrogens with one attached hydrogen (secondary N) is 1. The van der Waals surface area contributed by atoms with E-state index in [9.17, 15) is 4.79 Å². The molecule has 0 spiro atoms. The van der Waals surface area contributed by atoms with E-state index in [1.807, 2.05) is 30.3 Å². The van der Waals surface area contributed by atoms with Gasteiger partial charge < -0.3 is 10.4 Å². The fraction of sp³-hybridized carbons (Fsp3) is 0. The summed E-state index contributed by atoms with van der Waals surface area (Å²) in [6.07, 6.45) is 0.701. The number of carboxylic acids is 1. The third kappa shape index (κ3) is 2.84. The van der Waals surface area contributed by atoms with Gasteiger partial charge in [0.2, 0.25) is 0 Å². The molecule has 0 aliphatic rings. The lowest BCUT2D eigenvalue weighted by Crippen LogP contribution is -2.03. The van der Waals surface area contributed by atoms with Crippen LogP contribution in [0, 0.1) is 0 Å². The molecule has 1 heterocycles. The average Bonchev–Trinajstić information content (AvgIpc) is 2.75. The fourth-order valence-electron chi connectivity index (χ4n) is 1.09. The number of aromatic nitrogens is 4. The summed E-state index contributed by atoms with van der Waals surface area (Å²) in [6.45, 7) is 0. The second-order valence-electron chi connectivity index (χ2n) is 2.97. The largest absolute Gasteiger partial charge is 0.477 e. The van der Waals surface area contributed by atoms with E-state index in [-0.39, 0.29) is 5.95 Å². The molecule has 8 heteroatoms. The van der Waals surface area contributed by atoms with Gasteiger partial charge in [-0.2, -0.15) is 0 Å². The minimum Gasteiger partial charge on any atom is -0.477 e. The summed E-state index contributed by atoms with van der Waals surface area (Å²) in [5.74, 6) is -0.945. The third-order valence-corrected chi connectivity index (χ3v) is 1.76. The maximum absolute atomic E-state index is 10.3. The van der Waals surface area contributed by atoms with Crippen molar-refractivity contribution in [1.82, 2.24) is 20.3 Å². The van der Waals surface area contributed by atoms with Crippen LogP contribution < -0.4 is 5.32 Å². The highest BCUT2D eigenvalue weighted by Crippen LogP contribution is 2.11. The van der Waals surface area contributed by atoms with Gasteiger partial charge in [0.25, 0.3) is 5.95 Å². The molecule has 1 aromatic heterocycles. The Kier molecular flexibility index (Phi) is 3.05. The Labute approximate surface area is 95.6 Å². The van der Waals surface area contributed by atoms with Gasteiger partial charge in [-0.3, -0.25) is 0 Å². The molecule has 17 heavy (non-hydrogen) atoms. The van der Waals surface area contributed by atoms with E-state index < -0.39 is 5.97 Å². The summed E-state index contributed by atoms with van der Waals surface area (Å²) in [4.78, 5) is 11.3. The summed E-state index contributed by atoms with van der Waals surface area (Å²) >= 11 is 0. The zero-order chi connectivity index (χ0) is 12.1. The molecular formula is C9H8N6O2. The van der Waals surface area contributed by atoms with E-state index in [4.69, 9.17) is 5.11 Å². The molecule has 0 aliphatic carbocycles. The SMILES string of the molecule is O=C(O)/C=N/n1nnnc1Nc1ccccc1. The highest BCUT2D eigenvalue weighted by molar-refractivity contribution is 6.21. The lowest BCUT2D eigenvalue weighted by atomic mass is 10.3. The van der Waals surface area contributed by atoms with Crippen molar-refractivity contribution in [3.8, 4) is 0 Å². The highest BCUT2D eigenvalue weighted by atomic mass is 16.4. The summed E-state index contributed by atoms with van der Waals surface area (Å²) in [7, 11) is 0. The van der Waals surface area contributed by atoms with Gasteiger partial charge in [0.1, 0.15) is 6.21 Å². The molecule has 0 bridgehead atoms. The van der Waals surface area contributed by atoms with Crippen molar-refractivity contribution in [1.29, 1.82) is 0 Å². The number of tetrazole rings is 1. The molecular weight excluding hydrogens is 224 g/mol. The van der Waals surface area contributed by atoms with Crippen LogP contribution in [0.5, 0.6) is 0 Å². The quantitative estimate of drug-likeness (QED) is 0.736. The van der Waals surface area contributed by atoms with E-state index in [1.165, 1.54) is 0 Å². The normalized spacial score (nSPS) is 10.6. The summed E-state index contributed by atoms with van der Waals surface area (Å²) < 4.78 is 0. The molecule has 8 nitrogen and oxygen atoms in total. The molecule has 1 aromatic carbocycles. The van der Waals surface area contributed by atoms with Crippen molar-refractivity contribution in [2.24, 2.45) is 5.10 Å². The van der Waals surface area contributed by atoms with E-state index in [0.29, 0.717) is 6.21 Å². The summed E-state index contributed by atoms with van der Waals surface area (Å²) in [5, 5.41) is 25.5. The Balaban J connectivity index is 2.17. The minimum absolute atomic E-state index is 0.230. The molecule has 0 fully saturated rings. The third-order valence-electron chi connectivity index (χ3n) is 1.76. The molecule has 0 aliphatic heterocycles. The van der Waals surface area contributed by atoms with E-state index in [0.717, 1.165) is 10.5 Å². The van der Waals surface area contributed by atoms with Gasteiger partial charge in [0.05, 0.1) is 0 Å². The van der Waals surface area contributed by atoms with Gasteiger partial charge in [-0.1, -0.05) is 28.1 Å². The molecule has 2 rings (SSSR count). The molecule has 0 saturated heterocycles. The van der Waals surface area contributed by atoms with Crippen molar-refractivity contribution >= 4 is 23.8 Å². The van der Waals surface area contributed by atoms with E-state index in [2.05, 4.69) is 25.9 Å². The van der Waals surface area contributed by atoms with Crippen LogP contribution in [-0.2, 0) is 4.79 Å². The lowest BCUT2D eigenvalue weighted by molar-refractivity contribution is -0.128. The molecule has 2 aromatic rings. The maximum atomic E-state index is 10.3. The van der Waals surface area contributed by atoms with Gasteiger partial charge in [0, 0.05) is 5.69 Å². The van der Waals surface area contributed by atoms with Gasteiger partial charge >= 0.3 is 5.97 Å². The molecule has 0 atom stereocenters. The average molecular weight is 232 g/mol. The van der Waals surface area contributed by atoms with Crippen LogP contribution in [-0.4, -0.2) is 37.6 Å². The predicted molar refractivity (Wildman–Crippen MR) is 59.1 cm³/mol. The van der Waals surface area contributed by atoms with E-state index in [1.54, 1.807) is 0 Å². The second kappa shape index (κ2) is 4.84.